The molecule has 2 aromatic carbocycles. The Balaban J connectivity index is 1.61. The SMILES string of the molecule is O=C(CCc1nc2ccccc2[nH]1)Nc1ccccc1C(=O)NCC(F)(F)F. The molecule has 0 bridgehead atoms. The number of amides is 2. The van der Waals surface area contributed by atoms with Crippen LogP contribution in [-0.4, -0.2) is 34.5 Å². The lowest BCUT2D eigenvalue weighted by Gasteiger charge is -2.12. The Kier molecular flexibility index (Phi) is 5.62. The molecule has 0 aliphatic heterocycles. The third-order valence-corrected chi connectivity index (χ3v) is 3.92. The summed E-state index contributed by atoms with van der Waals surface area (Å²) in [6.07, 6.45) is -4.07. The molecule has 1 aromatic heterocycles. The lowest BCUT2D eigenvalue weighted by atomic mass is 10.1. The van der Waals surface area contributed by atoms with Gasteiger partial charge in [-0.3, -0.25) is 9.59 Å². The van der Waals surface area contributed by atoms with E-state index in [4.69, 9.17) is 0 Å². The summed E-state index contributed by atoms with van der Waals surface area (Å²) in [5.74, 6) is -0.644. The Labute approximate surface area is 158 Å². The summed E-state index contributed by atoms with van der Waals surface area (Å²) < 4.78 is 36.9. The van der Waals surface area contributed by atoms with Crippen LogP contribution in [-0.2, 0) is 11.2 Å². The highest BCUT2D eigenvalue weighted by molar-refractivity contribution is 6.03. The molecule has 0 saturated carbocycles. The number of anilines is 1. The van der Waals surface area contributed by atoms with E-state index in [1.165, 1.54) is 18.2 Å². The van der Waals surface area contributed by atoms with Crippen LogP contribution >= 0.6 is 0 Å². The van der Waals surface area contributed by atoms with Gasteiger partial charge in [-0.2, -0.15) is 13.2 Å². The number of carbonyl (C=O) groups excluding carboxylic acids is 2. The number of benzene rings is 2. The largest absolute Gasteiger partial charge is 0.405 e. The normalized spacial score (nSPS) is 11.4. The molecule has 0 aliphatic carbocycles. The summed E-state index contributed by atoms with van der Waals surface area (Å²) in [7, 11) is 0. The smallest absolute Gasteiger partial charge is 0.343 e. The number of aryl methyl sites for hydroxylation is 1. The minimum absolute atomic E-state index is 0.0381. The number of hydrogen-bond acceptors (Lipinski definition) is 3. The van der Waals surface area contributed by atoms with Crippen LogP contribution in [0, 0.1) is 0 Å². The fraction of sp³-hybridized carbons (Fsp3) is 0.211. The first kappa shape index (κ1) is 19.4. The molecule has 1 heterocycles. The van der Waals surface area contributed by atoms with Crippen molar-refractivity contribution >= 4 is 28.5 Å². The summed E-state index contributed by atoms with van der Waals surface area (Å²) in [5.41, 5.74) is 1.77. The second-order valence-corrected chi connectivity index (χ2v) is 6.09. The molecule has 28 heavy (non-hydrogen) atoms. The van der Waals surface area contributed by atoms with Gasteiger partial charge in [0.05, 0.1) is 22.3 Å². The van der Waals surface area contributed by atoms with Crippen molar-refractivity contribution in [3.63, 3.8) is 0 Å². The van der Waals surface area contributed by atoms with Crippen molar-refractivity contribution in [3.8, 4) is 0 Å². The van der Waals surface area contributed by atoms with Crippen LogP contribution in [0.1, 0.15) is 22.6 Å². The van der Waals surface area contributed by atoms with Crippen molar-refractivity contribution in [3.05, 3.63) is 59.9 Å². The summed E-state index contributed by atoms with van der Waals surface area (Å²) >= 11 is 0. The maximum atomic E-state index is 12.3. The van der Waals surface area contributed by atoms with Crippen LogP contribution in [0.5, 0.6) is 0 Å². The van der Waals surface area contributed by atoms with E-state index in [1.807, 2.05) is 24.3 Å². The molecule has 0 fully saturated rings. The average Bonchev–Trinajstić information content (AvgIpc) is 3.07. The van der Waals surface area contributed by atoms with Crippen LogP contribution in [0.25, 0.3) is 11.0 Å². The number of hydrogen-bond donors (Lipinski definition) is 3. The molecule has 0 unspecified atom stereocenters. The second kappa shape index (κ2) is 8.12. The fourth-order valence-corrected chi connectivity index (χ4v) is 2.63. The quantitative estimate of drug-likeness (QED) is 0.603. The van der Waals surface area contributed by atoms with Crippen LogP contribution in [0.3, 0.4) is 0 Å². The predicted molar refractivity (Wildman–Crippen MR) is 97.9 cm³/mol. The van der Waals surface area contributed by atoms with Crippen molar-refractivity contribution in [2.75, 3.05) is 11.9 Å². The molecular weight excluding hydrogens is 373 g/mol. The molecule has 0 radical (unpaired) electrons. The second-order valence-electron chi connectivity index (χ2n) is 6.09. The summed E-state index contributed by atoms with van der Waals surface area (Å²) in [4.78, 5) is 31.7. The molecular formula is C19H17F3N4O2. The third-order valence-electron chi connectivity index (χ3n) is 3.92. The first-order valence-electron chi connectivity index (χ1n) is 8.49. The van der Waals surface area contributed by atoms with Crippen molar-refractivity contribution in [2.24, 2.45) is 0 Å². The lowest BCUT2D eigenvalue weighted by Crippen LogP contribution is -2.34. The highest BCUT2D eigenvalue weighted by Crippen LogP contribution is 2.18. The van der Waals surface area contributed by atoms with Crippen LogP contribution in [0.15, 0.2) is 48.5 Å². The van der Waals surface area contributed by atoms with Crippen LogP contribution < -0.4 is 10.6 Å². The highest BCUT2D eigenvalue weighted by atomic mass is 19.4. The number of H-pyrrole nitrogens is 1. The zero-order chi connectivity index (χ0) is 20.1. The van der Waals surface area contributed by atoms with Crippen molar-refractivity contribution < 1.29 is 22.8 Å². The van der Waals surface area contributed by atoms with Gasteiger partial charge in [0.15, 0.2) is 0 Å². The topological polar surface area (TPSA) is 86.9 Å². The fourth-order valence-electron chi connectivity index (χ4n) is 2.63. The first-order chi connectivity index (χ1) is 13.3. The molecule has 2 amide bonds. The van der Waals surface area contributed by atoms with E-state index >= 15 is 0 Å². The van der Waals surface area contributed by atoms with E-state index in [-0.39, 0.29) is 23.6 Å². The van der Waals surface area contributed by atoms with Gasteiger partial charge in [-0.15, -0.1) is 0 Å². The Morgan fingerprint density at radius 2 is 1.75 bits per heavy atom. The molecule has 0 saturated heterocycles. The maximum Gasteiger partial charge on any atom is 0.405 e. The Bertz CT molecular complexity index is 965. The number of alkyl halides is 3. The van der Waals surface area contributed by atoms with E-state index < -0.39 is 18.6 Å². The number of carbonyl (C=O) groups is 2. The van der Waals surface area contributed by atoms with E-state index in [1.54, 1.807) is 11.4 Å². The van der Waals surface area contributed by atoms with Gasteiger partial charge in [0, 0.05) is 12.8 Å². The number of aromatic nitrogens is 2. The van der Waals surface area contributed by atoms with Gasteiger partial charge >= 0.3 is 6.18 Å². The highest BCUT2D eigenvalue weighted by Gasteiger charge is 2.28. The molecule has 0 atom stereocenters. The number of nitrogens with zero attached hydrogens (tertiary/aromatic N) is 1. The number of aromatic amines is 1. The van der Waals surface area contributed by atoms with E-state index in [2.05, 4.69) is 15.3 Å². The molecule has 0 aliphatic rings. The van der Waals surface area contributed by atoms with Gasteiger partial charge in [-0.25, -0.2) is 4.98 Å². The van der Waals surface area contributed by atoms with Crippen LogP contribution in [0.4, 0.5) is 18.9 Å². The Morgan fingerprint density at radius 1 is 1.04 bits per heavy atom. The minimum Gasteiger partial charge on any atom is -0.343 e. The van der Waals surface area contributed by atoms with Gasteiger partial charge in [-0.1, -0.05) is 24.3 Å². The summed E-state index contributed by atoms with van der Waals surface area (Å²) in [6, 6.07) is 13.4. The molecule has 6 nitrogen and oxygen atoms in total. The number of fused-ring (bicyclic) bond motifs is 1. The maximum absolute atomic E-state index is 12.3. The molecule has 0 spiro atoms. The van der Waals surface area contributed by atoms with E-state index in [0.29, 0.717) is 12.2 Å². The van der Waals surface area contributed by atoms with Gasteiger partial charge in [0.25, 0.3) is 5.91 Å². The van der Waals surface area contributed by atoms with Gasteiger partial charge in [0.1, 0.15) is 12.4 Å². The molecule has 3 rings (SSSR count). The third kappa shape index (κ3) is 5.09. The molecule has 3 aromatic rings. The van der Waals surface area contributed by atoms with Gasteiger partial charge in [-0.05, 0) is 24.3 Å². The molecule has 9 heteroatoms. The minimum atomic E-state index is -4.51. The molecule has 3 N–H and O–H groups in total. The zero-order valence-corrected chi connectivity index (χ0v) is 14.6. The predicted octanol–water partition coefficient (Wildman–Crippen LogP) is 3.43. The summed E-state index contributed by atoms with van der Waals surface area (Å²) in [5, 5.41) is 4.36. The van der Waals surface area contributed by atoms with Crippen molar-refractivity contribution in [2.45, 2.75) is 19.0 Å². The number of nitrogens with one attached hydrogen (secondary N) is 3. The van der Waals surface area contributed by atoms with E-state index in [9.17, 15) is 22.8 Å². The number of para-hydroxylation sites is 3. The number of imidazole rings is 1. The first-order valence-corrected chi connectivity index (χ1v) is 8.49. The van der Waals surface area contributed by atoms with Gasteiger partial charge < -0.3 is 15.6 Å². The average molecular weight is 390 g/mol. The number of rotatable bonds is 6. The molecule has 146 valence electrons. The van der Waals surface area contributed by atoms with Crippen molar-refractivity contribution in [1.29, 1.82) is 0 Å². The standard InChI is InChI=1S/C19H17F3N4O2/c20-19(21,22)11-23-18(28)12-5-1-2-6-13(12)26-17(27)10-9-16-24-14-7-3-4-8-15(14)25-16/h1-8H,9-11H2,(H,23,28)(H,24,25)(H,26,27). The number of halogens is 3. The summed E-state index contributed by atoms with van der Waals surface area (Å²) in [6.45, 7) is -1.44. The Hall–Kier alpha value is -3.36. The van der Waals surface area contributed by atoms with Crippen LogP contribution in [0.2, 0.25) is 0 Å². The Morgan fingerprint density at radius 3 is 2.50 bits per heavy atom. The monoisotopic (exact) mass is 390 g/mol. The zero-order valence-electron chi connectivity index (χ0n) is 14.6. The van der Waals surface area contributed by atoms with E-state index in [0.717, 1.165) is 11.0 Å². The van der Waals surface area contributed by atoms with Crippen molar-refractivity contribution in [1.82, 2.24) is 15.3 Å². The lowest BCUT2D eigenvalue weighted by molar-refractivity contribution is -0.123. The van der Waals surface area contributed by atoms with Gasteiger partial charge in [0.2, 0.25) is 5.91 Å².